The van der Waals surface area contributed by atoms with Crippen molar-refractivity contribution in [3.8, 4) is 22.6 Å². The second kappa shape index (κ2) is 9.78. The minimum atomic E-state index is -0.642. The first-order valence-corrected chi connectivity index (χ1v) is 10.8. The van der Waals surface area contributed by atoms with Crippen LogP contribution in [0.4, 0.5) is 11.5 Å². The molecule has 0 bridgehead atoms. The van der Waals surface area contributed by atoms with E-state index in [0.29, 0.717) is 22.0 Å². The molecule has 1 N–H and O–H groups in total. The highest BCUT2D eigenvalue weighted by Gasteiger charge is 2.22. The zero-order valence-electron chi connectivity index (χ0n) is 18.7. The number of benzene rings is 3. The number of amides is 1. The molecule has 10 heteroatoms. The summed E-state index contributed by atoms with van der Waals surface area (Å²) in [7, 11) is 1.53. The van der Waals surface area contributed by atoms with Gasteiger partial charge in [0.2, 0.25) is 5.43 Å². The third-order valence-electron chi connectivity index (χ3n) is 5.26. The number of hydrogen-bond donors (Lipinski definition) is 1. The maximum atomic E-state index is 13.3. The molecular weight excluding hydrogens is 472 g/mol. The standard InChI is InChI=1S/C25H19ClN4O5/c1-15-23(31)22(16-6-12-21(35-2)13-7-16)24(29(28-15)19-10-8-18(26)9-11-19)27-25(32)17-4-3-5-20(14-17)30(33)34/h3-14H,1-2H3,(H,27,32). The van der Waals surface area contributed by atoms with Crippen molar-refractivity contribution >= 4 is 29.0 Å². The molecule has 0 aliphatic rings. The fourth-order valence-corrected chi connectivity index (χ4v) is 3.62. The highest BCUT2D eigenvalue weighted by Crippen LogP contribution is 2.29. The van der Waals surface area contributed by atoms with Gasteiger partial charge in [-0.3, -0.25) is 19.7 Å². The lowest BCUT2D eigenvalue weighted by atomic mass is 10.0. The number of nitrogens with one attached hydrogen (secondary N) is 1. The number of ether oxygens (including phenoxy) is 1. The number of aryl methyl sites for hydroxylation is 1. The van der Waals surface area contributed by atoms with Crippen LogP contribution in [0.15, 0.2) is 77.6 Å². The van der Waals surface area contributed by atoms with Crippen molar-refractivity contribution in [2.45, 2.75) is 6.92 Å². The summed E-state index contributed by atoms with van der Waals surface area (Å²) in [4.78, 5) is 37.0. The van der Waals surface area contributed by atoms with Crippen LogP contribution >= 0.6 is 11.6 Å². The number of carbonyl (C=O) groups is 1. The van der Waals surface area contributed by atoms with Crippen molar-refractivity contribution in [1.82, 2.24) is 9.78 Å². The second-order valence-electron chi connectivity index (χ2n) is 7.52. The lowest BCUT2D eigenvalue weighted by Gasteiger charge is -2.18. The van der Waals surface area contributed by atoms with Gasteiger partial charge in [-0.15, -0.1) is 0 Å². The Hall–Kier alpha value is -4.50. The fraction of sp³-hybridized carbons (Fsp3) is 0.0800. The average Bonchev–Trinajstić information content (AvgIpc) is 2.87. The molecule has 1 aromatic heterocycles. The topological polar surface area (TPSA) is 116 Å². The summed E-state index contributed by atoms with van der Waals surface area (Å²) in [5.41, 5.74) is 0.920. The largest absolute Gasteiger partial charge is 0.497 e. The molecule has 3 aromatic carbocycles. The summed E-state index contributed by atoms with van der Waals surface area (Å²) in [5, 5.41) is 18.8. The number of nitro benzene ring substituents is 1. The molecule has 0 aliphatic heterocycles. The monoisotopic (exact) mass is 490 g/mol. The van der Waals surface area contributed by atoms with Crippen molar-refractivity contribution in [2.24, 2.45) is 0 Å². The number of anilines is 1. The average molecular weight is 491 g/mol. The Morgan fingerprint density at radius 2 is 1.77 bits per heavy atom. The van der Waals surface area contributed by atoms with Crippen molar-refractivity contribution in [3.05, 3.63) is 109 Å². The van der Waals surface area contributed by atoms with Gasteiger partial charge in [-0.05, 0) is 55.0 Å². The van der Waals surface area contributed by atoms with E-state index in [-0.39, 0.29) is 33.8 Å². The highest BCUT2D eigenvalue weighted by molar-refractivity contribution is 6.30. The highest BCUT2D eigenvalue weighted by atomic mass is 35.5. The number of aromatic nitrogens is 2. The van der Waals surface area contributed by atoms with Gasteiger partial charge >= 0.3 is 0 Å². The van der Waals surface area contributed by atoms with Crippen LogP contribution in [0.25, 0.3) is 16.8 Å². The van der Waals surface area contributed by atoms with Crippen molar-refractivity contribution in [3.63, 3.8) is 0 Å². The van der Waals surface area contributed by atoms with E-state index < -0.39 is 10.8 Å². The molecule has 0 radical (unpaired) electrons. The molecule has 4 aromatic rings. The van der Waals surface area contributed by atoms with Gasteiger partial charge in [0.15, 0.2) is 0 Å². The second-order valence-corrected chi connectivity index (χ2v) is 7.95. The number of carbonyl (C=O) groups excluding carboxylic acids is 1. The number of nitro groups is 1. The van der Waals surface area contributed by atoms with Gasteiger partial charge in [-0.2, -0.15) is 5.10 Å². The quantitative estimate of drug-likeness (QED) is 0.299. The van der Waals surface area contributed by atoms with Gasteiger partial charge in [0, 0.05) is 22.7 Å². The van der Waals surface area contributed by atoms with E-state index in [9.17, 15) is 19.7 Å². The first-order valence-electron chi connectivity index (χ1n) is 10.4. The molecule has 0 saturated heterocycles. The van der Waals surface area contributed by atoms with Crippen molar-refractivity contribution in [1.29, 1.82) is 0 Å². The molecular formula is C25H19ClN4O5. The van der Waals surface area contributed by atoms with Crippen LogP contribution in [0.2, 0.25) is 5.02 Å². The third kappa shape index (κ3) is 4.90. The molecule has 0 atom stereocenters. The molecule has 0 fully saturated rings. The summed E-state index contributed by atoms with van der Waals surface area (Å²) in [5.74, 6) is 0.0561. The van der Waals surface area contributed by atoms with Crippen LogP contribution in [0.1, 0.15) is 16.1 Å². The molecule has 0 unspecified atom stereocenters. The summed E-state index contributed by atoms with van der Waals surface area (Å²) < 4.78 is 6.65. The Labute approximate surface area is 204 Å². The van der Waals surface area contributed by atoms with Gasteiger partial charge in [0.25, 0.3) is 11.6 Å². The first kappa shape index (κ1) is 23.7. The summed E-state index contributed by atoms with van der Waals surface area (Å²) in [6, 6.07) is 18.8. The van der Waals surface area contributed by atoms with Crippen LogP contribution in [-0.4, -0.2) is 27.7 Å². The number of non-ortho nitro benzene ring substituents is 1. The summed E-state index contributed by atoms with van der Waals surface area (Å²) in [6.45, 7) is 1.58. The van der Waals surface area contributed by atoms with Crippen LogP contribution in [0.3, 0.4) is 0 Å². The Morgan fingerprint density at radius 3 is 2.40 bits per heavy atom. The molecule has 0 saturated carbocycles. The van der Waals surface area contributed by atoms with E-state index in [4.69, 9.17) is 16.3 Å². The van der Waals surface area contributed by atoms with E-state index in [1.807, 2.05) is 0 Å². The normalized spacial score (nSPS) is 10.6. The van der Waals surface area contributed by atoms with E-state index in [2.05, 4.69) is 10.4 Å². The molecule has 0 spiro atoms. The van der Waals surface area contributed by atoms with E-state index in [1.165, 1.54) is 30.0 Å². The fourth-order valence-electron chi connectivity index (χ4n) is 3.49. The maximum absolute atomic E-state index is 13.3. The minimum Gasteiger partial charge on any atom is -0.497 e. The minimum absolute atomic E-state index is 0.0514. The third-order valence-corrected chi connectivity index (χ3v) is 5.51. The van der Waals surface area contributed by atoms with E-state index in [1.54, 1.807) is 55.5 Å². The van der Waals surface area contributed by atoms with E-state index >= 15 is 0 Å². The Balaban J connectivity index is 1.93. The van der Waals surface area contributed by atoms with Gasteiger partial charge in [-0.25, -0.2) is 4.68 Å². The molecule has 176 valence electrons. The van der Waals surface area contributed by atoms with Crippen LogP contribution in [0.5, 0.6) is 5.75 Å². The maximum Gasteiger partial charge on any atom is 0.270 e. The molecule has 4 rings (SSSR count). The Bertz CT molecular complexity index is 1480. The van der Waals surface area contributed by atoms with E-state index in [0.717, 1.165) is 6.07 Å². The molecule has 35 heavy (non-hydrogen) atoms. The molecule has 1 amide bonds. The van der Waals surface area contributed by atoms with Crippen LogP contribution in [-0.2, 0) is 0 Å². The zero-order chi connectivity index (χ0) is 25.1. The molecule has 0 aliphatic carbocycles. The number of nitrogens with zero attached hydrogens (tertiary/aromatic N) is 3. The predicted octanol–water partition coefficient (Wildman–Crippen LogP) is 5.03. The number of hydrogen-bond acceptors (Lipinski definition) is 6. The molecule has 1 heterocycles. The smallest absolute Gasteiger partial charge is 0.270 e. The summed E-state index contributed by atoms with van der Waals surface area (Å²) >= 11 is 6.04. The SMILES string of the molecule is COc1ccc(-c2c(NC(=O)c3cccc([N+](=O)[O-])c3)n(-c3ccc(Cl)cc3)nc(C)c2=O)cc1. The van der Waals surface area contributed by atoms with Gasteiger partial charge in [0.05, 0.1) is 23.3 Å². The zero-order valence-corrected chi connectivity index (χ0v) is 19.4. The Morgan fingerprint density at radius 1 is 1.09 bits per heavy atom. The van der Waals surface area contributed by atoms with Gasteiger partial charge < -0.3 is 10.1 Å². The number of rotatable bonds is 6. The van der Waals surface area contributed by atoms with Crippen LogP contribution in [0, 0.1) is 17.0 Å². The van der Waals surface area contributed by atoms with Crippen LogP contribution < -0.4 is 15.5 Å². The first-order chi connectivity index (χ1) is 16.8. The molecule has 9 nitrogen and oxygen atoms in total. The summed E-state index contributed by atoms with van der Waals surface area (Å²) in [6.07, 6.45) is 0. The lowest BCUT2D eigenvalue weighted by molar-refractivity contribution is -0.384. The van der Waals surface area contributed by atoms with Gasteiger partial charge in [0.1, 0.15) is 17.3 Å². The lowest BCUT2D eigenvalue weighted by Crippen LogP contribution is -2.25. The number of methoxy groups -OCH3 is 1. The van der Waals surface area contributed by atoms with Crippen molar-refractivity contribution < 1.29 is 14.5 Å². The number of halogens is 1. The Kier molecular flexibility index (Phi) is 6.61. The van der Waals surface area contributed by atoms with Gasteiger partial charge in [-0.1, -0.05) is 29.8 Å². The predicted molar refractivity (Wildman–Crippen MR) is 133 cm³/mol. The van der Waals surface area contributed by atoms with Crippen molar-refractivity contribution in [2.75, 3.05) is 12.4 Å².